The van der Waals surface area contributed by atoms with Crippen LogP contribution in [0.25, 0.3) is 0 Å². The summed E-state index contributed by atoms with van der Waals surface area (Å²) in [5.74, 6) is 0.531. The normalized spacial score (nSPS) is 10.4. The molecule has 0 aliphatic rings. The molecule has 0 bridgehead atoms. The standard InChI is InChI=1S/C21H24FN3O3/c1-4-27-19-9-7-17(11-20(19)28-5-2)24-21(26)14-25(3)13-16-10-15(12-23)6-8-18(16)22/h6-11H,4-5,13-14H2,1-3H3,(H,24,26). The molecule has 1 N–H and O–H groups in total. The van der Waals surface area contributed by atoms with Gasteiger partial charge in [-0.25, -0.2) is 4.39 Å². The number of benzene rings is 2. The van der Waals surface area contributed by atoms with Crippen LogP contribution < -0.4 is 14.8 Å². The maximum Gasteiger partial charge on any atom is 0.238 e. The van der Waals surface area contributed by atoms with E-state index in [1.54, 1.807) is 30.1 Å². The summed E-state index contributed by atoms with van der Waals surface area (Å²) in [6, 6.07) is 11.4. The number of carbonyl (C=O) groups excluding carboxylic acids is 1. The molecule has 0 saturated carbocycles. The van der Waals surface area contributed by atoms with E-state index in [1.807, 2.05) is 19.9 Å². The van der Waals surface area contributed by atoms with Crippen molar-refractivity contribution in [2.45, 2.75) is 20.4 Å². The zero-order valence-corrected chi connectivity index (χ0v) is 16.3. The summed E-state index contributed by atoms with van der Waals surface area (Å²) in [6.07, 6.45) is 0. The third-order valence-corrected chi connectivity index (χ3v) is 3.86. The number of ether oxygens (including phenoxy) is 2. The van der Waals surface area contributed by atoms with Crippen LogP contribution in [-0.4, -0.2) is 37.6 Å². The van der Waals surface area contributed by atoms with Crippen molar-refractivity contribution in [1.82, 2.24) is 4.90 Å². The summed E-state index contributed by atoms with van der Waals surface area (Å²) < 4.78 is 25.0. The fourth-order valence-corrected chi connectivity index (χ4v) is 2.69. The number of hydrogen-bond donors (Lipinski definition) is 1. The first kappa shape index (κ1) is 21.2. The van der Waals surface area contributed by atoms with Crippen molar-refractivity contribution in [2.24, 2.45) is 0 Å². The molecule has 0 spiro atoms. The lowest BCUT2D eigenvalue weighted by molar-refractivity contribution is -0.117. The lowest BCUT2D eigenvalue weighted by Crippen LogP contribution is -2.30. The second-order valence-electron chi connectivity index (χ2n) is 6.17. The Kier molecular flexibility index (Phi) is 7.78. The van der Waals surface area contributed by atoms with Gasteiger partial charge in [-0.1, -0.05) is 0 Å². The van der Waals surface area contributed by atoms with Gasteiger partial charge in [-0.05, 0) is 51.2 Å². The SMILES string of the molecule is CCOc1ccc(NC(=O)CN(C)Cc2cc(C#N)ccc2F)cc1OCC. The number of nitriles is 1. The van der Waals surface area contributed by atoms with Crippen LogP contribution in [0, 0.1) is 17.1 Å². The van der Waals surface area contributed by atoms with E-state index >= 15 is 0 Å². The molecule has 28 heavy (non-hydrogen) atoms. The number of nitrogens with zero attached hydrogens (tertiary/aromatic N) is 2. The van der Waals surface area contributed by atoms with Crippen LogP contribution in [0.1, 0.15) is 25.0 Å². The lowest BCUT2D eigenvalue weighted by atomic mass is 10.1. The molecule has 6 nitrogen and oxygen atoms in total. The second kappa shape index (κ2) is 10.3. The van der Waals surface area contributed by atoms with Crippen LogP contribution in [0.2, 0.25) is 0 Å². The number of amides is 1. The minimum absolute atomic E-state index is 0.0629. The minimum Gasteiger partial charge on any atom is -0.490 e. The highest BCUT2D eigenvalue weighted by atomic mass is 19.1. The van der Waals surface area contributed by atoms with Crippen molar-refractivity contribution in [3.05, 3.63) is 53.3 Å². The number of nitrogens with one attached hydrogen (secondary N) is 1. The highest BCUT2D eigenvalue weighted by Gasteiger charge is 2.12. The minimum atomic E-state index is -0.404. The molecule has 0 fully saturated rings. The van der Waals surface area contributed by atoms with Crippen molar-refractivity contribution in [1.29, 1.82) is 5.26 Å². The van der Waals surface area contributed by atoms with E-state index in [1.165, 1.54) is 18.2 Å². The highest BCUT2D eigenvalue weighted by Crippen LogP contribution is 2.30. The monoisotopic (exact) mass is 385 g/mol. The predicted octanol–water partition coefficient (Wildman–Crippen LogP) is 3.57. The molecule has 0 heterocycles. The largest absolute Gasteiger partial charge is 0.490 e. The number of likely N-dealkylation sites (N-methyl/N-ethyl adjacent to an activating group) is 1. The molecule has 7 heteroatoms. The van der Waals surface area contributed by atoms with E-state index < -0.39 is 5.82 Å². The van der Waals surface area contributed by atoms with Crippen molar-refractivity contribution >= 4 is 11.6 Å². The fraction of sp³-hybridized carbons (Fsp3) is 0.333. The number of carbonyl (C=O) groups is 1. The van der Waals surface area contributed by atoms with E-state index in [-0.39, 0.29) is 19.0 Å². The van der Waals surface area contributed by atoms with Crippen molar-refractivity contribution in [3.8, 4) is 17.6 Å². The number of rotatable bonds is 9. The Bertz CT molecular complexity index is 864. The summed E-state index contributed by atoms with van der Waals surface area (Å²) in [5.41, 5.74) is 1.34. The third-order valence-electron chi connectivity index (χ3n) is 3.86. The van der Waals surface area contributed by atoms with Gasteiger partial charge in [0.15, 0.2) is 11.5 Å². The highest BCUT2D eigenvalue weighted by molar-refractivity contribution is 5.92. The molecule has 148 valence electrons. The van der Waals surface area contributed by atoms with Crippen LogP contribution in [0.4, 0.5) is 10.1 Å². The van der Waals surface area contributed by atoms with Gasteiger partial charge in [0, 0.05) is 23.9 Å². The van der Waals surface area contributed by atoms with Crippen molar-refractivity contribution < 1.29 is 18.7 Å². The summed E-state index contributed by atoms with van der Waals surface area (Å²) in [5, 5.41) is 11.7. The summed E-state index contributed by atoms with van der Waals surface area (Å²) >= 11 is 0. The molecule has 0 aliphatic heterocycles. The van der Waals surface area contributed by atoms with Gasteiger partial charge in [-0.2, -0.15) is 5.26 Å². The summed E-state index contributed by atoms with van der Waals surface area (Å²) in [6.45, 7) is 5.02. The van der Waals surface area contributed by atoms with Gasteiger partial charge in [0.05, 0.1) is 31.4 Å². The maximum atomic E-state index is 13.9. The van der Waals surface area contributed by atoms with E-state index in [9.17, 15) is 9.18 Å². The van der Waals surface area contributed by atoms with E-state index in [2.05, 4.69) is 5.32 Å². The number of anilines is 1. The molecule has 0 aliphatic carbocycles. The molecule has 2 aromatic carbocycles. The quantitative estimate of drug-likeness (QED) is 0.714. The molecule has 0 unspecified atom stereocenters. The molecule has 2 aromatic rings. The van der Waals surface area contributed by atoms with Crippen molar-refractivity contribution in [3.63, 3.8) is 0 Å². The van der Waals surface area contributed by atoms with Gasteiger partial charge >= 0.3 is 0 Å². The molecular formula is C21H24FN3O3. The fourth-order valence-electron chi connectivity index (χ4n) is 2.69. The summed E-state index contributed by atoms with van der Waals surface area (Å²) in [7, 11) is 1.71. The average Bonchev–Trinajstić information content (AvgIpc) is 2.65. The Morgan fingerprint density at radius 3 is 2.54 bits per heavy atom. The van der Waals surface area contributed by atoms with Crippen LogP contribution in [-0.2, 0) is 11.3 Å². The van der Waals surface area contributed by atoms with Crippen LogP contribution in [0.3, 0.4) is 0 Å². The Morgan fingerprint density at radius 1 is 1.14 bits per heavy atom. The molecule has 0 aromatic heterocycles. The summed E-state index contributed by atoms with van der Waals surface area (Å²) in [4.78, 5) is 14.0. The molecule has 0 radical (unpaired) electrons. The Balaban J connectivity index is 1.99. The number of hydrogen-bond acceptors (Lipinski definition) is 5. The predicted molar refractivity (Wildman–Crippen MR) is 105 cm³/mol. The molecular weight excluding hydrogens is 361 g/mol. The van der Waals surface area contributed by atoms with Gasteiger partial charge in [-0.15, -0.1) is 0 Å². The second-order valence-corrected chi connectivity index (χ2v) is 6.17. The van der Waals surface area contributed by atoms with Gasteiger partial charge in [0.25, 0.3) is 0 Å². The molecule has 2 rings (SSSR count). The van der Waals surface area contributed by atoms with Crippen LogP contribution in [0.15, 0.2) is 36.4 Å². The van der Waals surface area contributed by atoms with Gasteiger partial charge in [0.1, 0.15) is 5.82 Å². The molecule has 0 atom stereocenters. The van der Waals surface area contributed by atoms with Gasteiger partial charge in [0.2, 0.25) is 5.91 Å². The van der Waals surface area contributed by atoms with E-state index in [0.717, 1.165) is 0 Å². The average molecular weight is 385 g/mol. The Morgan fingerprint density at radius 2 is 1.86 bits per heavy atom. The first-order valence-corrected chi connectivity index (χ1v) is 9.03. The van der Waals surface area contributed by atoms with Gasteiger partial charge in [-0.3, -0.25) is 9.69 Å². The smallest absolute Gasteiger partial charge is 0.238 e. The zero-order chi connectivity index (χ0) is 20.5. The van der Waals surface area contributed by atoms with E-state index in [0.29, 0.717) is 41.5 Å². The Hall–Kier alpha value is -3.11. The topological polar surface area (TPSA) is 74.6 Å². The van der Waals surface area contributed by atoms with Crippen molar-refractivity contribution in [2.75, 3.05) is 32.1 Å². The van der Waals surface area contributed by atoms with Gasteiger partial charge < -0.3 is 14.8 Å². The Labute approximate surface area is 164 Å². The zero-order valence-electron chi connectivity index (χ0n) is 16.3. The number of halogens is 1. The maximum absolute atomic E-state index is 13.9. The van der Waals surface area contributed by atoms with Crippen LogP contribution >= 0.6 is 0 Å². The first-order valence-electron chi connectivity index (χ1n) is 9.03. The molecule has 1 amide bonds. The lowest BCUT2D eigenvalue weighted by Gasteiger charge is -2.17. The third kappa shape index (κ3) is 5.96. The van der Waals surface area contributed by atoms with Crippen LogP contribution in [0.5, 0.6) is 11.5 Å². The molecule has 0 saturated heterocycles. The van der Waals surface area contributed by atoms with E-state index in [4.69, 9.17) is 14.7 Å². The first-order chi connectivity index (χ1) is 13.5.